The van der Waals surface area contributed by atoms with Crippen molar-refractivity contribution in [1.29, 1.82) is 0 Å². The monoisotopic (exact) mass is 276 g/mol. The van der Waals surface area contributed by atoms with Crippen LogP contribution in [0.4, 0.5) is 0 Å². The Hall–Kier alpha value is -1.65. The van der Waals surface area contributed by atoms with E-state index in [0.29, 0.717) is 4.90 Å². The van der Waals surface area contributed by atoms with E-state index in [1.807, 2.05) is 55.5 Å². The van der Waals surface area contributed by atoms with Crippen LogP contribution in [0.15, 0.2) is 53.4 Å². The van der Waals surface area contributed by atoms with Crippen molar-refractivity contribution in [2.24, 2.45) is 0 Å². The normalized spacial score (nSPS) is 12.1. The van der Waals surface area contributed by atoms with Gasteiger partial charge in [0, 0.05) is 0 Å². The highest BCUT2D eigenvalue weighted by Gasteiger charge is 2.05. The third-order valence-electron chi connectivity index (χ3n) is 2.68. The fourth-order valence-electron chi connectivity index (χ4n) is 1.60. The second-order valence-corrected chi connectivity index (χ2v) is 5.34. The molecule has 0 radical (unpaired) electrons. The van der Waals surface area contributed by atoms with Crippen LogP contribution in [-0.4, -0.2) is 11.3 Å². The average Bonchev–Trinajstić information content (AvgIpc) is 2.46. The average molecular weight is 276 g/mol. The first kappa shape index (κ1) is 13.8. The molecule has 0 aliphatic rings. The Morgan fingerprint density at radius 2 is 1.84 bits per heavy atom. The van der Waals surface area contributed by atoms with Gasteiger partial charge in [0.05, 0.1) is 18.6 Å². The van der Waals surface area contributed by atoms with Crippen LogP contribution in [0.1, 0.15) is 11.1 Å². The van der Waals surface area contributed by atoms with Gasteiger partial charge >= 0.3 is 0 Å². The molecule has 0 N–H and O–H groups in total. The van der Waals surface area contributed by atoms with Gasteiger partial charge in [-0.25, -0.2) is 4.21 Å². The second-order valence-electron chi connectivity index (χ2n) is 4.16. The van der Waals surface area contributed by atoms with Gasteiger partial charge in [-0.2, -0.15) is 0 Å². The van der Waals surface area contributed by atoms with E-state index in [9.17, 15) is 4.21 Å². The highest BCUT2D eigenvalue weighted by atomic mass is 32.2. The molecule has 0 aliphatic heterocycles. The van der Waals surface area contributed by atoms with Crippen molar-refractivity contribution in [3.8, 4) is 5.75 Å². The van der Waals surface area contributed by atoms with Crippen molar-refractivity contribution in [1.82, 2.24) is 0 Å². The minimum absolute atomic E-state index is 0.289. The third-order valence-corrected chi connectivity index (χ3v) is 3.67. The zero-order valence-electron chi connectivity index (χ0n) is 11.0. The molecule has 19 heavy (non-hydrogen) atoms. The number of aryl methyl sites for hydroxylation is 1. The molecule has 3 nitrogen and oxygen atoms in total. The molecule has 2 aromatic rings. The summed E-state index contributed by atoms with van der Waals surface area (Å²) in [6, 6.07) is 15.0. The van der Waals surface area contributed by atoms with Crippen LogP contribution in [0.3, 0.4) is 0 Å². The Kier molecular flexibility index (Phi) is 4.71. The highest BCUT2D eigenvalue weighted by Crippen LogP contribution is 2.15. The zero-order valence-corrected chi connectivity index (χ0v) is 11.8. The number of hydrogen-bond donors (Lipinski definition) is 0. The second kappa shape index (κ2) is 6.50. The summed E-state index contributed by atoms with van der Waals surface area (Å²) in [5, 5.41) is 0. The predicted octanol–water partition coefficient (Wildman–Crippen LogP) is 3.24. The molecular weight excluding hydrogens is 260 g/mol. The summed E-state index contributed by atoms with van der Waals surface area (Å²) in [5.74, 6) is 0.766. The topological polar surface area (TPSA) is 35.5 Å². The van der Waals surface area contributed by atoms with Crippen LogP contribution in [0.2, 0.25) is 0 Å². The fourth-order valence-corrected chi connectivity index (χ4v) is 2.34. The number of rotatable bonds is 5. The molecule has 4 heteroatoms. The van der Waals surface area contributed by atoms with Crippen LogP contribution in [0.25, 0.3) is 0 Å². The Morgan fingerprint density at radius 3 is 2.53 bits per heavy atom. The SMILES string of the molecule is COc1cccc(COS(=O)c2ccc(C)cc2)c1. The van der Waals surface area contributed by atoms with E-state index in [0.717, 1.165) is 16.9 Å². The van der Waals surface area contributed by atoms with Crippen molar-refractivity contribution in [3.63, 3.8) is 0 Å². The van der Waals surface area contributed by atoms with Crippen molar-refractivity contribution in [3.05, 3.63) is 59.7 Å². The van der Waals surface area contributed by atoms with Gasteiger partial charge in [0.1, 0.15) is 5.75 Å². The van der Waals surface area contributed by atoms with E-state index in [1.165, 1.54) is 0 Å². The van der Waals surface area contributed by atoms with Gasteiger partial charge in [0.25, 0.3) is 0 Å². The number of hydrogen-bond acceptors (Lipinski definition) is 3. The zero-order chi connectivity index (χ0) is 13.7. The van der Waals surface area contributed by atoms with Gasteiger partial charge in [-0.3, -0.25) is 4.18 Å². The lowest BCUT2D eigenvalue weighted by Crippen LogP contribution is -1.99. The molecule has 0 amide bonds. The summed E-state index contributed by atoms with van der Waals surface area (Å²) in [6.07, 6.45) is 0. The van der Waals surface area contributed by atoms with E-state index < -0.39 is 11.1 Å². The minimum atomic E-state index is -1.44. The molecule has 0 fully saturated rings. The largest absolute Gasteiger partial charge is 0.497 e. The molecule has 100 valence electrons. The van der Waals surface area contributed by atoms with Crippen LogP contribution in [-0.2, 0) is 21.9 Å². The molecule has 0 spiro atoms. The predicted molar refractivity (Wildman–Crippen MR) is 75.4 cm³/mol. The summed E-state index contributed by atoms with van der Waals surface area (Å²) < 4.78 is 22.4. The molecule has 0 heterocycles. The molecule has 0 saturated heterocycles. The molecular formula is C15H16O3S. The number of methoxy groups -OCH3 is 1. The first-order chi connectivity index (χ1) is 9.19. The fraction of sp³-hybridized carbons (Fsp3) is 0.200. The van der Waals surface area contributed by atoms with Gasteiger partial charge < -0.3 is 4.74 Å². The number of ether oxygens (including phenoxy) is 1. The summed E-state index contributed by atoms with van der Waals surface area (Å²) >= 11 is -1.44. The summed E-state index contributed by atoms with van der Waals surface area (Å²) in [5.41, 5.74) is 2.06. The van der Waals surface area contributed by atoms with Crippen LogP contribution >= 0.6 is 0 Å². The summed E-state index contributed by atoms with van der Waals surface area (Å²) in [4.78, 5) is 0.675. The highest BCUT2D eigenvalue weighted by molar-refractivity contribution is 7.80. The Bertz CT molecular complexity index is 564. The van der Waals surface area contributed by atoms with Crippen molar-refractivity contribution < 1.29 is 13.1 Å². The lowest BCUT2D eigenvalue weighted by molar-refractivity contribution is 0.335. The quantitative estimate of drug-likeness (QED) is 0.841. The molecule has 0 saturated carbocycles. The number of benzene rings is 2. The first-order valence-corrected chi connectivity index (χ1v) is 7.01. The lowest BCUT2D eigenvalue weighted by atomic mass is 10.2. The summed E-state index contributed by atoms with van der Waals surface area (Å²) in [7, 11) is 1.62. The van der Waals surface area contributed by atoms with E-state index in [2.05, 4.69) is 0 Å². The Balaban J connectivity index is 1.98. The molecule has 2 aromatic carbocycles. The minimum Gasteiger partial charge on any atom is -0.497 e. The van der Waals surface area contributed by atoms with Crippen LogP contribution in [0.5, 0.6) is 5.75 Å². The molecule has 0 aromatic heterocycles. The van der Waals surface area contributed by atoms with Gasteiger partial charge in [0.15, 0.2) is 11.1 Å². The van der Waals surface area contributed by atoms with Gasteiger partial charge in [0.2, 0.25) is 0 Å². The van der Waals surface area contributed by atoms with Crippen LogP contribution < -0.4 is 4.74 Å². The van der Waals surface area contributed by atoms with Gasteiger partial charge in [-0.15, -0.1) is 0 Å². The molecule has 0 bridgehead atoms. The van der Waals surface area contributed by atoms with Crippen molar-refractivity contribution in [2.45, 2.75) is 18.4 Å². The molecule has 2 rings (SSSR count). The van der Waals surface area contributed by atoms with E-state index in [1.54, 1.807) is 7.11 Å². The van der Waals surface area contributed by atoms with E-state index >= 15 is 0 Å². The van der Waals surface area contributed by atoms with Crippen LogP contribution in [0, 0.1) is 6.92 Å². The molecule has 1 unspecified atom stereocenters. The van der Waals surface area contributed by atoms with Crippen molar-refractivity contribution in [2.75, 3.05) is 7.11 Å². The maximum Gasteiger partial charge on any atom is 0.189 e. The third kappa shape index (κ3) is 3.91. The maximum absolute atomic E-state index is 11.9. The van der Waals surface area contributed by atoms with E-state index in [-0.39, 0.29) is 6.61 Å². The Morgan fingerprint density at radius 1 is 1.11 bits per heavy atom. The standard InChI is InChI=1S/C15H16O3S/c1-12-6-8-15(9-7-12)19(16)18-11-13-4-3-5-14(10-13)17-2/h3-10H,11H2,1-2H3. The smallest absolute Gasteiger partial charge is 0.189 e. The van der Waals surface area contributed by atoms with Gasteiger partial charge in [-0.1, -0.05) is 29.8 Å². The molecule has 0 aliphatic carbocycles. The van der Waals surface area contributed by atoms with Gasteiger partial charge in [-0.05, 0) is 36.8 Å². The Labute approximate surface area is 115 Å². The first-order valence-electron chi connectivity index (χ1n) is 5.93. The summed E-state index contributed by atoms with van der Waals surface area (Å²) in [6.45, 7) is 2.28. The molecule has 1 atom stereocenters. The lowest BCUT2D eigenvalue weighted by Gasteiger charge is -2.06. The van der Waals surface area contributed by atoms with Crippen molar-refractivity contribution >= 4 is 11.1 Å². The maximum atomic E-state index is 11.9. The van der Waals surface area contributed by atoms with E-state index in [4.69, 9.17) is 8.92 Å².